The lowest BCUT2D eigenvalue weighted by molar-refractivity contribution is 0.104. The van der Waals surface area contributed by atoms with Gasteiger partial charge in [0.25, 0.3) is 0 Å². The third-order valence-electron chi connectivity index (χ3n) is 2.04. The molecule has 0 unspecified atom stereocenters. The van der Waals surface area contributed by atoms with Gasteiger partial charge in [-0.05, 0) is 17.2 Å². The predicted molar refractivity (Wildman–Crippen MR) is 53.7 cm³/mol. The highest BCUT2D eigenvalue weighted by molar-refractivity contribution is 6.47. The first kappa shape index (κ1) is 8.27. The summed E-state index contributed by atoms with van der Waals surface area (Å²) in [5.74, 6) is -0.121. The zero-order valence-electron chi connectivity index (χ0n) is 6.88. The van der Waals surface area contributed by atoms with E-state index >= 15 is 0 Å². The SMILES string of the molecule is C=C1C=C(Cl)C(=O)c2ccccc21. The maximum absolute atomic E-state index is 11.5. The molecule has 1 aromatic carbocycles. The highest BCUT2D eigenvalue weighted by atomic mass is 35.5. The van der Waals surface area contributed by atoms with Gasteiger partial charge in [0.15, 0.2) is 0 Å². The molecule has 0 aromatic heterocycles. The molecule has 1 aliphatic carbocycles. The van der Waals surface area contributed by atoms with E-state index in [1.165, 1.54) is 0 Å². The summed E-state index contributed by atoms with van der Waals surface area (Å²) in [4.78, 5) is 11.5. The van der Waals surface area contributed by atoms with E-state index in [0.717, 1.165) is 11.1 Å². The van der Waals surface area contributed by atoms with Gasteiger partial charge in [0.05, 0.1) is 5.03 Å². The van der Waals surface area contributed by atoms with Crippen molar-refractivity contribution in [1.82, 2.24) is 0 Å². The first-order valence-corrected chi connectivity index (χ1v) is 4.28. The van der Waals surface area contributed by atoms with E-state index in [1.54, 1.807) is 12.1 Å². The van der Waals surface area contributed by atoms with Gasteiger partial charge in [-0.25, -0.2) is 0 Å². The van der Waals surface area contributed by atoms with Crippen molar-refractivity contribution in [3.8, 4) is 0 Å². The molecule has 2 heteroatoms. The first-order valence-electron chi connectivity index (χ1n) is 3.90. The topological polar surface area (TPSA) is 17.1 Å². The molecule has 2 rings (SSSR count). The monoisotopic (exact) mass is 190 g/mol. The van der Waals surface area contributed by atoms with Crippen LogP contribution in [0.4, 0.5) is 0 Å². The number of benzene rings is 1. The van der Waals surface area contributed by atoms with Crippen LogP contribution in [-0.2, 0) is 0 Å². The molecule has 0 fully saturated rings. The van der Waals surface area contributed by atoms with Crippen molar-refractivity contribution in [3.05, 3.63) is 53.1 Å². The predicted octanol–water partition coefficient (Wildman–Crippen LogP) is 3.02. The van der Waals surface area contributed by atoms with E-state index in [4.69, 9.17) is 11.6 Å². The number of hydrogen-bond acceptors (Lipinski definition) is 1. The molecule has 13 heavy (non-hydrogen) atoms. The Balaban J connectivity index is 2.69. The van der Waals surface area contributed by atoms with Crippen LogP contribution in [0.5, 0.6) is 0 Å². The summed E-state index contributed by atoms with van der Waals surface area (Å²) in [7, 11) is 0. The first-order chi connectivity index (χ1) is 6.20. The number of hydrogen-bond donors (Lipinski definition) is 0. The minimum atomic E-state index is -0.121. The number of allylic oxidation sites excluding steroid dienone is 3. The van der Waals surface area contributed by atoms with E-state index in [9.17, 15) is 4.79 Å². The fraction of sp³-hybridized carbons (Fsp3) is 0. The van der Waals surface area contributed by atoms with E-state index < -0.39 is 0 Å². The number of Topliss-reactive ketones (excluding diaryl/α,β-unsaturated/α-hetero) is 1. The summed E-state index contributed by atoms with van der Waals surface area (Å²) in [6.45, 7) is 3.83. The lowest BCUT2D eigenvalue weighted by atomic mass is 9.93. The standard InChI is InChI=1S/C11H7ClO/c1-7-6-10(12)11(13)9-5-3-2-4-8(7)9/h2-6H,1H2. The molecule has 1 aromatic rings. The van der Waals surface area contributed by atoms with Gasteiger partial charge in [-0.3, -0.25) is 4.79 Å². The lowest BCUT2D eigenvalue weighted by Gasteiger charge is -2.13. The Bertz CT molecular complexity index is 429. The van der Waals surface area contributed by atoms with Crippen molar-refractivity contribution in [2.75, 3.05) is 0 Å². The number of halogens is 1. The van der Waals surface area contributed by atoms with Gasteiger partial charge in [-0.2, -0.15) is 0 Å². The second kappa shape index (κ2) is 2.86. The lowest BCUT2D eigenvalue weighted by Crippen LogP contribution is -2.07. The molecule has 0 aliphatic heterocycles. The molecule has 0 atom stereocenters. The summed E-state index contributed by atoms with van der Waals surface area (Å²) >= 11 is 5.74. The fourth-order valence-corrected chi connectivity index (χ4v) is 1.62. The molecule has 0 radical (unpaired) electrons. The molecule has 0 spiro atoms. The Kier molecular flexibility index (Phi) is 1.82. The number of rotatable bonds is 0. The summed E-state index contributed by atoms with van der Waals surface area (Å²) < 4.78 is 0. The number of ketones is 1. The zero-order valence-corrected chi connectivity index (χ0v) is 7.64. The maximum Gasteiger partial charge on any atom is 0.204 e. The molecule has 1 nitrogen and oxygen atoms in total. The van der Waals surface area contributed by atoms with Crippen LogP contribution >= 0.6 is 11.6 Å². The quantitative estimate of drug-likeness (QED) is 0.615. The van der Waals surface area contributed by atoms with E-state index in [1.807, 2.05) is 18.2 Å². The molecular weight excluding hydrogens is 184 g/mol. The highest BCUT2D eigenvalue weighted by Gasteiger charge is 2.19. The number of carbonyl (C=O) groups is 1. The van der Waals surface area contributed by atoms with Crippen molar-refractivity contribution in [1.29, 1.82) is 0 Å². The second-order valence-electron chi connectivity index (χ2n) is 2.89. The average molecular weight is 191 g/mol. The molecule has 0 saturated heterocycles. The fourth-order valence-electron chi connectivity index (χ4n) is 1.39. The number of fused-ring (bicyclic) bond motifs is 1. The van der Waals surface area contributed by atoms with Crippen LogP contribution in [0.2, 0.25) is 0 Å². The summed E-state index contributed by atoms with van der Waals surface area (Å²) in [5.41, 5.74) is 2.30. The van der Waals surface area contributed by atoms with Crippen LogP contribution < -0.4 is 0 Å². The molecule has 1 aliphatic rings. The van der Waals surface area contributed by atoms with Crippen LogP contribution in [0.15, 0.2) is 42.0 Å². The molecule has 0 bridgehead atoms. The van der Waals surface area contributed by atoms with Crippen molar-refractivity contribution in [2.45, 2.75) is 0 Å². The number of carbonyl (C=O) groups excluding carboxylic acids is 1. The van der Waals surface area contributed by atoms with E-state index in [2.05, 4.69) is 6.58 Å². The smallest absolute Gasteiger partial charge is 0.204 e. The second-order valence-corrected chi connectivity index (χ2v) is 3.30. The van der Waals surface area contributed by atoms with Gasteiger partial charge in [-0.15, -0.1) is 0 Å². The molecule has 0 amide bonds. The van der Waals surface area contributed by atoms with Gasteiger partial charge in [0.1, 0.15) is 0 Å². The van der Waals surface area contributed by atoms with E-state index in [0.29, 0.717) is 5.56 Å². The van der Waals surface area contributed by atoms with Gasteiger partial charge in [0.2, 0.25) is 5.78 Å². The summed E-state index contributed by atoms with van der Waals surface area (Å²) in [5, 5.41) is 0.240. The Morgan fingerprint density at radius 1 is 1.15 bits per heavy atom. The Morgan fingerprint density at radius 2 is 1.77 bits per heavy atom. The Labute approximate surface area is 81.3 Å². The largest absolute Gasteiger partial charge is 0.288 e. The average Bonchev–Trinajstić information content (AvgIpc) is 2.15. The van der Waals surface area contributed by atoms with Crippen LogP contribution in [0, 0.1) is 0 Å². The normalized spacial score (nSPS) is 15.3. The molecule has 0 heterocycles. The molecule has 0 saturated carbocycles. The Morgan fingerprint density at radius 3 is 2.46 bits per heavy atom. The van der Waals surface area contributed by atoms with Crippen molar-refractivity contribution < 1.29 is 4.79 Å². The van der Waals surface area contributed by atoms with Crippen molar-refractivity contribution in [2.24, 2.45) is 0 Å². The van der Waals surface area contributed by atoms with Gasteiger partial charge >= 0.3 is 0 Å². The van der Waals surface area contributed by atoms with Gasteiger partial charge < -0.3 is 0 Å². The van der Waals surface area contributed by atoms with E-state index in [-0.39, 0.29) is 10.8 Å². The summed E-state index contributed by atoms with van der Waals surface area (Å²) in [6, 6.07) is 7.33. The minimum absolute atomic E-state index is 0.121. The third kappa shape index (κ3) is 1.21. The van der Waals surface area contributed by atoms with Crippen molar-refractivity contribution >= 4 is 23.0 Å². The third-order valence-corrected chi connectivity index (χ3v) is 2.32. The zero-order chi connectivity index (χ0) is 9.42. The Hall–Kier alpha value is -1.34. The van der Waals surface area contributed by atoms with Gasteiger partial charge in [-0.1, -0.05) is 42.4 Å². The van der Waals surface area contributed by atoms with Crippen LogP contribution in [-0.4, -0.2) is 5.78 Å². The highest BCUT2D eigenvalue weighted by Crippen LogP contribution is 2.29. The van der Waals surface area contributed by atoms with Crippen molar-refractivity contribution in [3.63, 3.8) is 0 Å². The van der Waals surface area contributed by atoms with Crippen LogP contribution in [0.25, 0.3) is 5.57 Å². The molecular formula is C11H7ClO. The van der Waals surface area contributed by atoms with Crippen LogP contribution in [0.3, 0.4) is 0 Å². The van der Waals surface area contributed by atoms with Gasteiger partial charge in [0, 0.05) is 5.56 Å². The molecule has 64 valence electrons. The molecule has 0 N–H and O–H groups in total. The van der Waals surface area contributed by atoms with Crippen LogP contribution in [0.1, 0.15) is 15.9 Å². The maximum atomic E-state index is 11.5. The summed E-state index contributed by atoms with van der Waals surface area (Å²) in [6.07, 6.45) is 1.60. The minimum Gasteiger partial charge on any atom is -0.288 e.